The number of likely N-dealkylation sites (tertiary alicyclic amines) is 1. The lowest BCUT2D eigenvalue weighted by Gasteiger charge is -2.32. The molecule has 106 valence electrons. The summed E-state index contributed by atoms with van der Waals surface area (Å²) >= 11 is 0. The van der Waals surface area contributed by atoms with Crippen molar-refractivity contribution in [2.75, 3.05) is 19.6 Å². The predicted octanol–water partition coefficient (Wildman–Crippen LogP) is 2.41. The van der Waals surface area contributed by atoms with Crippen molar-refractivity contribution in [3.8, 4) is 0 Å². The number of aryl methyl sites for hydroxylation is 2. The number of nitrogens with zero attached hydrogens (tertiary/aromatic N) is 1. The van der Waals surface area contributed by atoms with Crippen LogP contribution in [0, 0.1) is 26.7 Å². The molecule has 0 aliphatic carbocycles. The van der Waals surface area contributed by atoms with Gasteiger partial charge < -0.3 is 15.1 Å². The molecule has 2 N–H and O–H groups in total. The summed E-state index contributed by atoms with van der Waals surface area (Å²) in [7, 11) is 0. The Morgan fingerprint density at radius 1 is 1.37 bits per heavy atom. The van der Waals surface area contributed by atoms with Crippen LogP contribution in [0.15, 0.2) is 4.42 Å². The van der Waals surface area contributed by atoms with Crippen LogP contribution >= 0.6 is 0 Å². The molecule has 2 rings (SSSR count). The highest BCUT2D eigenvalue weighted by Gasteiger charge is 2.27. The number of piperidine rings is 1. The topological polar surface area (TPSA) is 59.5 Å². The molecule has 1 aliphatic rings. The van der Waals surface area contributed by atoms with Gasteiger partial charge in [-0.2, -0.15) is 0 Å². The molecular formula is C15H24N2O2. The summed E-state index contributed by atoms with van der Waals surface area (Å²) in [4.78, 5) is 14.6. The molecule has 19 heavy (non-hydrogen) atoms. The Morgan fingerprint density at radius 2 is 2.11 bits per heavy atom. The zero-order chi connectivity index (χ0) is 14.0. The molecular weight excluding hydrogens is 240 g/mol. The highest BCUT2D eigenvalue weighted by Crippen LogP contribution is 2.26. The van der Waals surface area contributed by atoms with Crippen LogP contribution in [-0.2, 0) is 0 Å². The molecule has 2 heterocycles. The second kappa shape index (κ2) is 5.78. The maximum atomic E-state index is 12.6. The summed E-state index contributed by atoms with van der Waals surface area (Å²) in [6.45, 7) is 8.12. The first-order valence-corrected chi connectivity index (χ1v) is 7.10. The molecule has 1 fully saturated rings. The second-order valence-electron chi connectivity index (χ2n) is 5.55. The average Bonchev–Trinajstić information content (AvgIpc) is 2.63. The van der Waals surface area contributed by atoms with E-state index in [0.717, 1.165) is 48.6 Å². The molecule has 0 radical (unpaired) electrons. The summed E-state index contributed by atoms with van der Waals surface area (Å²) in [6.07, 6.45) is 3.26. The molecule has 0 saturated carbocycles. The van der Waals surface area contributed by atoms with E-state index >= 15 is 0 Å². The van der Waals surface area contributed by atoms with E-state index in [4.69, 9.17) is 10.2 Å². The first-order chi connectivity index (χ1) is 9.04. The number of amides is 1. The monoisotopic (exact) mass is 264 g/mol. The van der Waals surface area contributed by atoms with Gasteiger partial charge >= 0.3 is 0 Å². The van der Waals surface area contributed by atoms with Crippen molar-refractivity contribution in [2.24, 2.45) is 11.7 Å². The van der Waals surface area contributed by atoms with E-state index in [2.05, 4.69) is 0 Å². The lowest BCUT2D eigenvalue weighted by Crippen LogP contribution is -2.40. The number of rotatable bonds is 3. The minimum Gasteiger partial charge on any atom is -0.466 e. The maximum Gasteiger partial charge on any atom is 0.257 e. The van der Waals surface area contributed by atoms with E-state index in [1.165, 1.54) is 6.42 Å². The molecule has 1 amide bonds. The number of hydrogen-bond donors (Lipinski definition) is 1. The highest BCUT2D eigenvalue weighted by molar-refractivity contribution is 5.96. The summed E-state index contributed by atoms with van der Waals surface area (Å²) in [5, 5.41) is 0. The number of furan rings is 1. The maximum absolute atomic E-state index is 12.6. The normalized spacial score (nSPS) is 19.8. The van der Waals surface area contributed by atoms with E-state index in [9.17, 15) is 4.79 Å². The fraction of sp³-hybridized carbons (Fsp3) is 0.667. The van der Waals surface area contributed by atoms with Crippen molar-refractivity contribution in [1.29, 1.82) is 0 Å². The minimum absolute atomic E-state index is 0.119. The summed E-state index contributed by atoms with van der Waals surface area (Å²) < 4.78 is 5.56. The Labute approximate surface area is 114 Å². The third-order valence-electron chi connectivity index (χ3n) is 4.16. The molecule has 0 spiro atoms. The van der Waals surface area contributed by atoms with Gasteiger partial charge in [-0.15, -0.1) is 0 Å². The van der Waals surface area contributed by atoms with Crippen LogP contribution in [0.2, 0.25) is 0 Å². The van der Waals surface area contributed by atoms with Crippen LogP contribution in [-0.4, -0.2) is 30.4 Å². The molecule has 0 aromatic carbocycles. The third kappa shape index (κ3) is 2.84. The van der Waals surface area contributed by atoms with E-state index < -0.39 is 0 Å². The van der Waals surface area contributed by atoms with Crippen LogP contribution in [0.5, 0.6) is 0 Å². The van der Waals surface area contributed by atoms with E-state index in [1.54, 1.807) is 0 Å². The van der Waals surface area contributed by atoms with E-state index in [0.29, 0.717) is 12.5 Å². The van der Waals surface area contributed by atoms with Crippen LogP contribution < -0.4 is 5.73 Å². The molecule has 1 aromatic heterocycles. The van der Waals surface area contributed by atoms with Crippen molar-refractivity contribution in [2.45, 2.75) is 40.0 Å². The molecule has 0 bridgehead atoms. The Bertz CT molecular complexity index is 463. The van der Waals surface area contributed by atoms with Gasteiger partial charge in [-0.25, -0.2) is 0 Å². The molecule has 1 unspecified atom stereocenters. The van der Waals surface area contributed by atoms with Gasteiger partial charge in [0.05, 0.1) is 5.56 Å². The van der Waals surface area contributed by atoms with Gasteiger partial charge in [0.15, 0.2) is 0 Å². The summed E-state index contributed by atoms with van der Waals surface area (Å²) in [5.74, 6) is 2.25. The predicted molar refractivity (Wildman–Crippen MR) is 75.2 cm³/mol. The largest absolute Gasteiger partial charge is 0.466 e. The standard InChI is InChI=1S/C15H24N2O2/c1-10-11(2)19-12(3)14(10)15(18)17-8-4-5-13(9-17)6-7-16/h13H,4-9,16H2,1-3H3. The van der Waals surface area contributed by atoms with Crippen molar-refractivity contribution in [3.05, 3.63) is 22.6 Å². The lowest BCUT2D eigenvalue weighted by atomic mass is 9.94. The number of carbonyl (C=O) groups excluding carboxylic acids is 1. The molecule has 4 nitrogen and oxygen atoms in total. The van der Waals surface area contributed by atoms with Gasteiger partial charge in [-0.1, -0.05) is 0 Å². The number of hydrogen-bond acceptors (Lipinski definition) is 3. The Hall–Kier alpha value is -1.29. The number of nitrogens with two attached hydrogens (primary N) is 1. The van der Waals surface area contributed by atoms with Gasteiger partial charge in [-0.05, 0) is 52.5 Å². The smallest absolute Gasteiger partial charge is 0.257 e. The minimum atomic E-state index is 0.119. The fourth-order valence-corrected chi connectivity index (χ4v) is 2.99. The fourth-order valence-electron chi connectivity index (χ4n) is 2.99. The molecule has 1 aromatic rings. The van der Waals surface area contributed by atoms with Crippen LogP contribution in [0.3, 0.4) is 0 Å². The summed E-state index contributed by atoms with van der Waals surface area (Å²) in [5.41, 5.74) is 7.36. The van der Waals surface area contributed by atoms with Crippen LogP contribution in [0.1, 0.15) is 46.7 Å². The van der Waals surface area contributed by atoms with E-state index in [1.807, 2.05) is 25.7 Å². The third-order valence-corrected chi connectivity index (χ3v) is 4.16. The van der Waals surface area contributed by atoms with Gasteiger partial charge in [0.25, 0.3) is 5.91 Å². The molecule has 1 atom stereocenters. The lowest BCUT2D eigenvalue weighted by molar-refractivity contribution is 0.0667. The average molecular weight is 264 g/mol. The van der Waals surface area contributed by atoms with Crippen molar-refractivity contribution < 1.29 is 9.21 Å². The van der Waals surface area contributed by atoms with Crippen molar-refractivity contribution >= 4 is 5.91 Å². The molecule has 1 aliphatic heterocycles. The van der Waals surface area contributed by atoms with Crippen molar-refractivity contribution in [1.82, 2.24) is 4.90 Å². The SMILES string of the molecule is Cc1oc(C)c(C(=O)N2CCCC(CCN)C2)c1C. The zero-order valence-corrected chi connectivity index (χ0v) is 12.2. The summed E-state index contributed by atoms with van der Waals surface area (Å²) in [6, 6.07) is 0. The Kier molecular flexibility index (Phi) is 4.30. The van der Waals surface area contributed by atoms with Crippen molar-refractivity contribution in [3.63, 3.8) is 0 Å². The van der Waals surface area contributed by atoms with Gasteiger partial charge in [-0.3, -0.25) is 4.79 Å². The second-order valence-corrected chi connectivity index (χ2v) is 5.55. The molecule has 4 heteroatoms. The van der Waals surface area contributed by atoms with Gasteiger partial charge in [0.1, 0.15) is 11.5 Å². The van der Waals surface area contributed by atoms with Gasteiger partial charge in [0.2, 0.25) is 0 Å². The zero-order valence-electron chi connectivity index (χ0n) is 12.2. The first-order valence-electron chi connectivity index (χ1n) is 7.10. The Morgan fingerprint density at radius 3 is 2.68 bits per heavy atom. The van der Waals surface area contributed by atoms with Crippen LogP contribution in [0.4, 0.5) is 0 Å². The first kappa shape index (κ1) is 14.1. The quantitative estimate of drug-likeness (QED) is 0.912. The number of carbonyl (C=O) groups is 1. The van der Waals surface area contributed by atoms with Crippen LogP contribution in [0.25, 0.3) is 0 Å². The van der Waals surface area contributed by atoms with Gasteiger partial charge in [0, 0.05) is 18.7 Å². The Balaban J connectivity index is 2.15. The molecule has 1 saturated heterocycles. The highest BCUT2D eigenvalue weighted by atomic mass is 16.3. The van der Waals surface area contributed by atoms with E-state index in [-0.39, 0.29) is 5.91 Å².